The van der Waals surface area contributed by atoms with Gasteiger partial charge in [0.25, 0.3) is 6.43 Å². The van der Waals surface area contributed by atoms with Gasteiger partial charge in [-0.05, 0) is 32.6 Å². The molecule has 1 aliphatic rings. The van der Waals surface area contributed by atoms with Crippen LogP contribution in [0.25, 0.3) is 0 Å². The largest absolute Gasteiger partial charge is 0.363 e. The van der Waals surface area contributed by atoms with Gasteiger partial charge in [0.1, 0.15) is 16.9 Å². The number of aryl methyl sites for hydroxylation is 1. The first-order valence-corrected chi connectivity index (χ1v) is 10.5. The summed E-state index contributed by atoms with van der Waals surface area (Å²) in [5.41, 5.74) is -0.731. The Labute approximate surface area is 166 Å². The van der Waals surface area contributed by atoms with Gasteiger partial charge in [0.2, 0.25) is 0 Å². The van der Waals surface area contributed by atoms with Crippen molar-refractivity contribution in [3.8, 4) is 0 Å². The SMILES string of the molecule is Cn1cc(S(=O)(=O)C(C)(C)C2CCN(C(=O)Nc3ccon3)CC2)c(C(F)F)n1. The average molecular weight is 431 g/mol. The molecular weight excluding hydrogens is 408 g/mol. The van der Waals surface area contributed by atoms with E-state index in [4.69, 9.17) is 0 Å². The zero-order chi connectivity index (χ0) is 21.4. The number of sulfone groups is 1. The molecule has 9 nitrogen and oxygen atoms in total. The number of hydrogen-bond acceptors (Lipinski definition) is 6. The summed E-state index contributed by atoms with van der Waals surface area (Å²) in [5.74, 6) is -0.0227. The van der Waals surface area contributed by atoms with Gasteiger partial charge in [-0.2, -0.15) is 5.10 Å². The second-order valence-corrected chi connectivity index (χ2v) is 10.0. The fourth-order valence-electron chi connectivity index (χ4n) is 3.59. The van der Waals surface area contributed by atoms with E-state index in [-0.39, 0.29) is 17.8 Å². The van der Waals surface area contributed by atoms with Crippen LogP contribution in [0, 0.1) is 5.92 Å². The van der Waals surface area contributed by atoms with Crippen molar-refractivity contribution in [3.63, 3.8) is 0 Å². The van der Waals surface area contributed by atoms with E-state index in [0.717, 1.165) is 10.9 Å². The lowest BCUT2D eigenvalue weighted by atomic mass is 9.86. The van der Waals surface area contributed by atoms with E-state index in [1.165, 1.54) is 19.4 Å². The molecule has 1 saturated heterocycles. The highest BCUT2D eigenvalue weighted by Crippen LogP contribution is 2.40. The van der Waals surface area contributed by atoms with E-state index in [2.05, 4.69) is 20.1 Å². The summed E-state index contributed by atoms with van der Waals surface area (Å²) in [5, 5.41) is 9.83. The van der Waals surface area contributed by atoms with Crippen LogP contribution in [0.1, 0.15) is 38.8 Å². The van der Waals surface area contributed by atoms with Crippen molar-refractivity contribution in [2.45, 2.75) is 42.8 Å². The fourth-order valence-corrected chi connectivity index (χ4v) is 5.53. The molecule has 160 valence electrons. The summed E-state index contributed by atoms with van der Waals surface area (Å²) in [7, 11) is -2.67. The summed E-state index contributed by atoms with van der Waals surface area (Å²) in [4.78, 5) is 13.4. The van der Waals surface area contributed by atoms with Gasteiger partial charge in [-0.25, -0.2) is 22.0 Å². The van der Waals surface area contributed by atoms with Crippen molar-refractivity contribution in [1.82, 2.24) is 19.8 Å². The highest BCUT2D eigenvalue weighted by Gasteiger charge is 2.46. The summed E-state index contributed by atoms with van der Waals surface area (Å²) < 4.78 is 57.5. The number of carbonyl (C=O) groups excluding carboxylic acids is 1. The molecule has 0 aromatic carbocycles. The Morgan fingerprint density at radius 1 is 1.34 bits per heavy atom. The molecule has 1 aliphatic heterocycles. The summed E-state index contributed by atoms with van der Waals surface area (Å²) in [6, 6.07) is 1.15. The number of alkyl halides is 2. The number of likely N-dealkylation sites (tertiary alicyclic amines) is 1. The van der Waals surface area contributed by atoms with Crippen LogP contribution >= 0.6 is 0 Å². The lowest BCUT2D eigenvalue weighted by Gasteiger charge is -2.39. The molecule has 1 fully saturated rings. The number of nitrogens with zero attached hydrogens (tertiary/aromatic N) is 4. The Hall–Kier alpha value is -2.50. The van der Waals surface area contributed by atoms with Crippen LogP contribution in [0.4, 0.5) is 19.4 Å². The van der Waals surface area contributed by atoms with Crippen LogP contribution < -0.4 is 5.32 Å². The number of aromatic nitrogens is 3. The van der Waals surface area contributed by atoms with Gasteiger partial charge in [-0.1, -0.05) is 5.16 Å². The molecule has 12 heteroatoms. The molecule has 0 unspecified atom stereocenters. The molecule has 2 aromatic heterocycles. The van der Waals surface area contributed by atoms with E-state index in [0.29, 0.717) is 25.9 Å². The van der Waals surface area contributed by atoms with Crippen molar-refractivity contribution in [2.75, 3.05) is 18.4 Å². The Morgan fingerprint density at radius 3 is 2.55 bits per heavy atom. The molecule has 2 amide bonds. The molecule has 0 saturated carbocycles. The fraction of sp³-hybridized carbons (Fsp3) is 0.588. The molecule has 0 radical (unpaired) electrons. The molecule has 29 heavy (non-hydrogen) atoms. The van der Waals surface area contributed by atoms with E-state index < -0.39 is 31.6 Å². The lowest BCUT2D eigenvalue weighted by molar-refractivity contribution is 0.141. The molecule has 0 bridgehead atoms. The summed E-state index contributed by atoms with van der Waals surface area (Å²) in [6.07, 6.45) is 0.310. The topological polar surface area (TPSA) is 110 Å². The number of nitrogens with one attached hydrogen (secondary N) is 1. The van der Waals surface area contributed by atoms with Gasteiger partial charge in [0.05, 0.1) is 4.75 Å². The lowest BCUT2D eigenvalue weighted by Crippen LogP contribution is -2.48. The van der Waals surface area contributed by atoms with Crippen LogP contribution in [-0.4, -0.2) is 52.1 Å². The number of hydrogen-bond donors (Lipinski definition) is 1. The number of anilines is 1. The number of rotatable bonds is 5. The number of amides is 2. The zero-order valence-corrected chi connectivity index (χ0v) is 17.1. The molecule has 0 spiro atoms. The molecule has 2 aromatic rings. The van der Waals surface area contributed by atoms with Gasteiger partial charge in [-0.3, -0.25) is 10.00 Å². The minimum atomic E-state index is -4.08. The Bertz CT molecular complexity index is 964. The van der Waals surface area contributed by atoms with Crippen molar-refractivity contribution in [3.05, 3.63) is 24.2 Å². The third-order valence-corrected chi connectivity index (χ3v) is 8.06. The Balaban J connectivity index is 1.73. The third kappa shape index (κ3) is 3.98. The second kappa shape index (κ2) is 7.73. The van der Waals surface area contributed by atoms with Crippen molar-refractivity contribution in [1.29, 1.82) is 0 Å². The van der Waals surface area contributed by atoms with Gasteiger partial charge in [-0.15, -0.1) is 0 Å². The monoisotopic (exact) mass is 431 g/mol. The Kier molecular flexibility index (Phi) is 5.65. The highest BCUT2D eigenvalue weighted by molar-refractivity contribution is 7.92. The number of urea groups is 1. The maximum absolute atomic E-state index is 13.3. The molecule has 3 heterocycles. The maximum Gasteiger partial charge on any atom is 0.323 e. The standard InChI is InChI=1S/C17H23F2N5O4S/c1-17(2,29(26,27)12-10-23(3)21-14(12)15(18)19)11-4-7-24(8-5-11)16(25)20-13-6-9-28-22-13/h6,9-11,15H,4-5,7-8H2,1-3H3,(H,20,22,25). The van der Waals surface area contributed by atoms with E-state index in [1.807, 2.05) is 0 Å². The first kappa shape index (κ1) is 21.2. The highest BCUT2D eigenvalue weighted by atomic mass is 32.2. The Morgan fingerprint density at radius 2 is 2.00 bits per heavy atom. The normalized spacial score (nSPS) is 16.4. The number of carbonyl (C=O) groups is 1. The third-order valence-electron chi connectivity index (χ3n) is 5.45. The van der Waals surface area contributed by atoms with Gasteiger partial charge in [0, 0.05) is 32.4 Å². The van der Waals surface area contributed by atoms with E-state index in [9.17, 15) is 22.0 Å². The predicted octanol–water partition coefficient (Wildman–Crippen LogP) is 2.84. The summed E-state index contributed by atoms with van der Waals surface area (Å²) in [6.45, 7) is 3.75. The molecule has 1 N–H and O–H groups in total. The number of piperidine rings is 1. The molecule has 3 rings (SSSR count). The first-order chi connectivity index (χ1) is 13.5. The van der Waals surface area contributed by atoms with Gasteiger partial charge < -0.3 is 9.42 Å². The van der Waals surface area contributed by atoms with Crippen LogP contribution in [0.2, 0.25) is 0 Å². The molecular formula is C17H23F2N5O4S. The van der Waals surface area contributed by atoms with Crippen LogP contribution in [0.5, 0.6) is 0 Å². The first-order valence-electron chi connectivity index (χ1n) is 9.06. The second-order valence-electron chi connectivity index (χ2n) is 7.54. The van der Waals surface area contributed by atoms with Gasteiger partial charge in [0.15, 0.2) is 15.7 Å². The zero-order valence-electron chi connectivity index (χ0n) is 16.3. The molecule has 0 atom stereocenters. The van der Waals surface area contributed by atoms with E-state index >= 15 is 0 Å². The quantitative estimate of drug-likeness (QED) is 0.779. The molecule has 0 aliphatic carbocycles. The van der Waals surface area contributed by atoms with E-state index in [1.54, 1.807) is 18.7 Å². The average Bonchev–Trinajstić information content (AvgIpc) is 3.31. The van der Waals surface area contributed by atoms with Gasteiger partial charge >= 0.3 is 6.03 Å². The van der Waals surface area contributed by atoms with Crippen LogP contribution in [-0.2, 0) is 16.9 Å². The van der Waals surface area contributed by atoms with Crippen molar-refractivity contribution >= 4 is 21.7 Å². The van der Waals surface area contributed by atoms with Crippen molar-refractivity contribution < 1.29 is 26.5 Å². The minimum absolute atomic E-state index is 0.288. The summed E-state index contributed by atoms with van der Waals surface area (Å²) >= 11 is 0. The maximum atomic E-state index is 13.3. The minimum Gasteiger partial charge on any atom is -0.363 e. The number of halogens is 2. The smallest absolute Gasteiger partial charge is 0.323 e. The van der Waals surface area contributed by atoms with Crippen LogP contribution in [0.15, 0.2) is 27.9 Å². The van der Waals surface area contributed by atoms with Crippen molar-refractivity contribution in [2.24, 2.45) is 13.0 Å². The van der Waals surface area contributed by atoms with Crippen LogP contribution in [0.3, 0.4) is 0 Å². The predicted molar refractivity (Wildman–Crippen MR) is 99.2 cm³/mol.